The Bertz CT molecular complexity index is 683. The van der Waals surface area contributed by atoms with Crippen molar-refractivity contribution in [3.63, 3.8) is 0 Å². The average Bonchev–Trinajstić information content (AvgIpc) is 2.49. The van der Waals surface area contributed by atoms with Gasteiger partial charge in [-0.15, -0.1) is 0 Å². The number of benzene rings is 1. The Balaban J connectivity index is 1.95. The average molecular weight is 323 g/mol. The predicted octanol–water partition coefficient (Wildman–Crippen LogP) is 1.81. The van der Waals surface area contributed by atoms with E-state index in [9.17, 15) is 8.42 Å². The lowest BCUT2D eigenvalue weighted by Crippen LogP contribution is -2.09. The van der Waals surface area contributed by atoms with E-state index in [0.717, 1.165) is 11.1 Å². The van der Waals surface area contributed by atoms with Crippen LogP contribution in [-0.2, 0) is 16.4 Å². The summed E-state index contributed by atoms with van der Waals surface area (Å²) >= 11 is 1.34. The zero-order chi connectivity index (χ0) is 15.3. The molecule has 2 N–H and O–H groups in total. The maximum atomic E-state index is 12.2. The zero-order valence-corrected chi connectivity index (χ0v) is 13.3. The van der Waals surface area contributed by atoms with Gasteiger partial charge in [0.25, 0.3) is 0 Å². The molecule has 0 aliphatic heterocycles. The molecule has 112 valence electrons. The van der Waals surface area contributed by atoms with Crippen LogP contribution in [0.2, 0.25) is 0 Å². The second-order valence-corrected chi connectivity index (χ2v) is 7.73. The van der Waals surface area contributed by atoms with E-state index in [-0.39, 0.29) is 5.75 Å². The van der Waals surface area contributed by atoms with Gasteiger partial charge in [-0.25, -0.2) is 18.4 Å². The largest absolute Gasteiger partial charge is 0.326 e. The fourth-order valence-corrected chi connectivity index (χ4v) is 4.08. The number of nitrogens with two attached hydrogens (primary N) is 1. The lowest BCUT2D eigenvalue weighted by Gasteiger charge is -2.05. The molecule has 0 radical (unpaired) electrons. The zero-order valence-electron chi connectivity index (χ0n) is 11.7. The van der Waals surface area contributed by atoms with Crippen LogP contribution in [0.5, 0.6) is 0 Å². The van der Waals surface area contributed by atoms with Crippen LogP contribution in [0.4, 0.5) is 0 Å². The molecule has 1 heterocycles. The third-order valence-electron chi connectivity index (χ3n) is 2.86. The van der Waals surface area contributed by atoms with Crippen molar-refractivity contribution in [3.8, 4) is 0 Å². The first-order chi connectivity index (χ1) is 10.0. The molecule has 0 amide bonds. The number of aryl methyl sites for hydroxylation is 1. The van der Waals surface area contributed by atoms with Crippen molar-refractivity contribution in [3.05, 3.63) is 47.8 Å². The highest BCUT2D eigenvalue weighted by atomic mass is 32.2. The molecule has 0 spiro atoms. The molecule has 7 heteroatoms. The van der Waals surface area contributed by atoms with Gasteiger partial charge in [-0.2, -0.15) is 0 Å². The van der Waals surface area contributed by atoms with E-state index in [4.69, 9.17) is 5.73 Å². The normalized spacial score (nSPS) is 11.5. The summed E-state index contributed by atoms with van der Waals surface area (Å²) < 4.78 is 24.4. The van der Waals surface area contributed by atoms with Crippen molar-refractivity contribution >= 4 is 21.6 Å². The third kappa shape index (κ3) is 4.52. The van der Waals surface area contributed by atoms with Crippen LogP contribution in [0.1, 0.15) is 11.1 Å². The number of aromatic nitrogens is 2. The smallest absolute Gasteiger partial charge is 0.187 e. The molecule has 0 saturated heterocycles. The fourth-order valence-electron chi connectivity index (χ4n) is 1.65. The minimum Gasteiger partial charge on any atom is -0.326 e. The molecular formula is C14H17N3O2S2. The quantitative estimate of drug-likeness (QED) is 0.644. The molecule has 1 aromatic carbocycles. The molecule has 0 aliphatic rings. The fraction of sp³-hybridized carbons (Fsp3) is 0.286. The molecule has 5 nitrogen and oxygen atoms in total. The van der Waals surface area contributed by atoms with Gasteiger partial charge in [0.05, 0.1) is 10.6 Å². The summed E-state index contributed by atoms with van der Waals surface area (Å²) in [7, 11) is -3.28. The molecular weight excluding hydrogens is 306 g/mol. The van der Waals surface area contributed by atoms with Crippen molar-refractivity contribution in [2.45, 2.75) is 23.5 Å². The standard InChI is InChI=1S/C14H17N3O2S2/c1-11-9-16-14(17-10-11)20-6-7-21(18,19)13-4-2-12(8-15)3-5-13/h2-5,9-10H,6-8,15H2,1H3. The van der Waals surface area contributed by atoms with Gasteiger partial charge in [-0.3, -0.25) is 0 Å². The molecule has 0 atom stereocenters. The third-order valence-corrected chi connectivity index (χ3v) is 5.73. The van der Waals surface area contributed by atoms with E-state index in [0.29, 0.717) is 22.3 Å². The summed E-state index contributed by atoms with van der Waals surface area (Å²) in [4.78, 5) is 8.60. The highest BCUT2D eigenvalue weighted by Crippen LogP contribution is 2.17. The first-order valence-corrected chi connectivity index (χ1v) is 9.08. The summed E-state index contributed by atoms with van der Waals surface area (Å²) in [6, 6.07) is 6.68. The van der Waals surface area contributed by atoms with Crippen molar-refractivity contribution in [1.82, 2.24) is 9.97 Å². The van der Waals surface area contributed by atoms with Gasteiger partial charge < -0.3 is 5.73 Å². The highest BCUT2D eigenvalue weighted by Gasteiger charge is 2.14. The number of sulfone groups is 1. The van der Waals surface area contributed by atoms with Gasteiger partial charge >= 0.3 is 0 Å². The van der Waals surface area contributed by atoms with Gasteiger partial charge in [0.15, 0.2) is 15.0 Å². The van der Waals surface area contributed by atoms with Crippen molar-refractivity contribution in [1.29, 1.82) is 0 Å². The Morgan fingerprint density at radius 2 is 1.76 bits per heavy atom. The number of hydrogen-bond donors (Lipinski definition) is 1. The molecule has 0 unspecified atom stereocenters. The van der Waals surface area contributed by atoms with Crippen LogP contribution in [0.15, 0.2) is 46.7 Å². The second kappa shape index (κ2) is 7.02. The molecule has 1 aromatic heterocycles. The van der Waals surface area contributed by atoms with Crippen LogP contribution in [0, 0.1) is 6.92 Å². The first kappa shape index (κ1) is 15.9. The first-order valence-electron chi connectivity index (χ1n) is 6.44. The molecule has 0 saturated carbocycles. The molecule has 21 heavy (non-hydrogen) atoms. The molecule has 0 aliphatic carbocycles. The van der Waals surface area contributed by atoms with E-state index in [1.54, 1.807) is 36.7 Å². The van der Waals surface area contributed by atoms with Gasteiger partial charge in [0, 0.05) is 24.7 Å². The van der Waals surface area contributed by atoms with Gasteiger partial charge in [0.1, 0.15) is 0 Å². The molecule has 0 fully saturated rings. The predicted molar refractivity (Wildman–Crippen MR) is 83.9 cm³/mol. The Morgan fingerprint density at radius 1 is 1.14 bits per heavy atom. The van der Waals surface area contributed by atoms with Gasteiger partial charge in [-0.1, -0.05) is 23.9 Å². The molecule has 0 bridgehead atoms. The Kier molecular flexibility index (Phi) is 5.33. The SMILES string of the molecule is Cc1cnc(SCCS(=O)(=O)c2ccc(CN)cc2)nc1. The minimum atomic E-state index is -3.28. The minimum absolute atomic E-state index is 0.0525. The monoisotopic (exact) mass is 323 g/mol. The topological polar surface area (TPSA) is 85.9 Å². The molecule has 2 aromatic rings. The summed E-state index contributed by atoms with van der Waals surface area (Å²) in [5.41, 5.74) is 7.39. The summed E-state index contributed by atoms with van der Waals surface area (Å²) in [6.07, 6.45) is 3.44. The maximum absolute atomic E-state index is 12.2. The molecule has 2 rings (SSSR count). The number of hydrogen-bond acceptors (Lipinski definition) is 6. The number of nitrogens with zero attached hydrogens (tertiary/aromatic N) is 2. The van der Waals surface area contributed by atoms with E-state index < -0.39 is 9.84 Å². The van der Waals surface area contributed by atoms with Gasteiger partial charge in [-0.05, 0) is 30.2 Å². The Hall–Kier alpha value is -1.44. The van der Waals surface area contributed by atoms with Crippen molar-refractivity contribution in [2.24, 2.45) is 5.73 Å². The number of rotatable bonds is 6. The van der Waals surface area contributed by atoms with Gasteiger partial charge in [0.2, 0.25) is 0 Å². The summed E-state index contributed by atoms with van der Waals surface area (Å²) in [6.45, 7) is 2.31. The van der Waals surface area contributed by atoms with Crippen LogP contribution < -0.4 is 5.73 Å². The van der Waals surface area contributed by atoms with E-state index in [1.165, 1.54) is 11.8 Å². The van der Waals surface area contributed by atoms with Crippen LogP contribution in [0.3, 0.4) is 0 Å². The van der Waals surface area contributed by atoms with Crippen LogP contribution >= 0.6 is 11.8 Å². The second-order valence-electron chi connectivity index (χ2n) is 4.56. The summed E-state index contributed by atoms with van der Waals surface area (Å²) in [5, 5.41) is 0.592. The highest BCUT2D eigenvalue weighted by molar-refractivity contribution is 8.00. The summed E-state index contributed by atoms with van der Waals surface area (Å²) in [5.74, 6) is 0.473. The lowest BCUT2D eigenvalue weighted by molar-refractivity contribution is 0.597. The maximum Gasteiger partial charge on any atom is 0.187 e. The lowest BCUT2D eigenvalue weighted by atomic mass is 10.2. The van der Waals surface area contributed by atoms with Crippen molar-refractivity contribution < 1.29 is 8.42 Å². The van der Waals surface area contributed by atoms with E-state index >= 15 is 0 Å². The number of thioether (sulfide) groups is 1. The van der Waals surface area contributed by atoms with E-state index in [1.807, 2.05) is 6.92 Å². The Morgan fingerprint density at radius 3 is 2.33 bits per heavy atom. The van der Waals surface area contributed by atoms with Crippen molar-refractivity contribution in [2.75, 3.05) is 11.5 Å². The van der Waals surface area contributed by atoms with Crippen LogP contribution in [-0.4, -0.2) is 29.9 Å². The Labute approximate surface area is 128 Å². The van der Waals surface area contributed by atoms with E-state index in [2.05, 4.69) is 9.97 Å². The van der Waals surface area contributed by atoms with Crippen LogP contribution in [0.25, 0.3) is 0 Å².